The van der Waals surface area contributed by atoms with Gasteiger partial charge in [0.1, 0.15) is 23.5 Å². The van der Waals surface area contributed by atoms with Gasteiger partial charge in [0.05, 0.1) is 23.6 Å². The van der Waals surface area contributed by atoms with Gasteiger partial charge in [0.15, 0.2) is 0 Å². The van der Waals surface area contributed by atoms with E-state index in [1.54, 1.807) is 12.3 Å². The van der Waals surface area contributed by atoms with E-state index in [1.165, 1.54) is 12.3 Å². The number of piperidine rings is 1. The van der Waals surface area contributed by atoms with Crippen LogP contribution in [-0.2, 0) is 6.54 Å². The highest BCUT2D eigenvalue weighted by atomic mass is 19.1. The number of fused-ring (bicyclic) bond motifs is 1. The average Bonchev–Trinajstić information content (AvgIpc) is 3.62. The minimum atomic E-state index is -0.306. The molecule has 2 aliphatic rings. The third-order valence-corrected chi connectivity index (χ3v) is 7.31. The lowest BCUT2D eigenvalue weighted by Crippen LogP contribution is -2.38. The Labute approximate surface area is 215 Å². The average molecular weight is 500 g/mol. The van der Waals surface area contributed by atoms with Gasteiger partial charge in [0.2, 0.25) is 0 Å². The van der Waals surface area contributed by atoms with Crippen molar-refractivity contribution in [3.05, 3.63) is 84.2 Å². The Morgan fingerprint density at radius 3 is 2.51 bits per heavy atom. The van der Waals surface area contributed by atoms with Gasteiger partial charge in [-0.2, -0.15) is 0 Å². The van der Waals surface area contributed by atoms with Gasteiger partial charge in [0.25, 0.3) is 5.91 Å². The molecule has 7 nitrogen and oxygen atoms in total. The number of likely N-dealkylation sites (tertiary alicyclic amines) is 2. The Balaban J connectivity index is 1.06. The number of aromatic nitrogens is 3. The summed E-state index contributed by atoms with van der Waals surface area (Å²) in [5.74, 6) is 1.38. The minimum absolute atomic E-state index is 0.115. The Kier molecular flexibility index (Phi) is 6.57. The smallest absolute Gasteiger partial charge is 0.253 e. The van der Waals surface area contributed by atoms with Crippen molar-refractivity contribution >= 4 is 16.8 Å². The summed E-state index contributed by atoms with van der Waals surface area (Å²) in [5.41, 5.74) is 2.64. The van der Waals surface area contributed by atoms with Crippen LogP contribution in [0.1, 0.15) is 41.7 Å². The van der Waals surface area contributed by atoms with Crippen LogP contribution in [0.4, 0.5) is 4.39 Å². The molecule has 0 bridgehead atoms. The van der Waals surface area contributed by atoms with Crippen molar-refractivity contribution in [2.75, 3.05) is 26.2 Å². The topological polar surface area (TPSA) is 63.5 Å². The van der Waals surface area contributed by atoms with Gasteiger partial charge in [-0.3, -0.25) is 14.7 Å². The van der Waals surface area contributed by atoms with Crippen molar-refractivity contribution < 1.29 is 13.9 Å². The molecule has 0 unspecified atom stereocenters. The molecule has 2 saturated heterocycles. The molecule has 1 aromatic carbocycles. The third-order valence-electron chi connectivity index (χ3n) is 7.31. The van der Waals surface area contributed by atoms with Gasteiger partial charge in [0, 0.05) is 49.9 Å². The minimum Gasteiger partial charge on any atom is -0.489 e. The van der Waals surface area contributed by atoms with Crippen LogP contribution in [0, 0.1) is 5.82 Å². The van der Waals surface area contributed by atoms with Crippen molar-refractivity contribution in [2.24, 2.45) is 0 Å². The SMILES string of the molecule is O=C(c1ccc2c(ccn2-c2ccc(OC3CCN(Cc4ccc(F)cn4)CC3)cn2)c1)N1CCCC1. The molecule has 5 heterocycles. The summed E-state index contributed by atoms with van der Waals surface area (Å²) in [7, 11) is 0. The maximum absolute atomic E-state index is 13.1. The molecule has 2 fully saturated rings. The highest BCUT2D eigenvalue weighted by Gasteiger charge is 2.22. The summed E-state index contributed by atoms with van der Waals surface area (Å²) in [6.07, 6.45) is 9.20. The summed E-state index contributed by atoms with van der Waals surface area (Å²) in [6, 6.07) is 15.0. The van der Waals surface area contributed by atoms with E-state index in [1.807, 2.05) is 52.1 Å². The monoisotopic (exact) mass is 499 g/mol. The number of pyridine rings is 2. The third kappa shape index (κ3) is 5.20. The Morgan fingerprint density at radius 2 is 1.78 bits per heavy atom. The van der Waals surface area contributed by atoms with E-state index < -0.39 is 0 Å². The molecule has 6 rings (SSSR count). The molecular weight excluding hydrogens is 469 g/mol. The first-order valence-corrected chi connectivity index (χ1v) is 13.0. The zero-order valence-corrected chi connectivity index (χ0v) is 20.7. The zero-order chi connectivity index (χ0) is 25.2. The molecule has 0 spiro atoms. The number of rotatable bonds is 6. The predicted octanol–water partition coefficient (Wildman–Crippen LogP) is 4.84. The molecule has 3 aromatic heterocycles. The predicted molar refractivity (Wildman–Crippen MR) is 139 cm³/mol. The number of amides is 1. The molecule has 190 valence electrons. The van der Waals surface area contributed by atoms with Crippen LogP contribution in [-0.4, -0.2) is 62.5 Å². The van der Waals surface area contributed by atoms with Crippen LogP contribution in [0.25, 0.3) is 16.7 Å². The molecular formula is C29H30FN5O2. The molecule has 1 amide bonds. The Morgan fingerprint density at radius 1 is 0.946 bits per heavy atom. The van der Waals surface area contributed by atoms with E-state index >= 15 is 0 Å². The second kappa shape index (κ2) is 10.3. The van der Waals surface area contributed by atoms with Gasteiger partial charge < -0.3 is 14.2 Å². The lowest BCUT2D eigenvalue weighted by molar-refractivity contribution is 0.0793. The first-order valence-electron chi connectivity index (χ1n) is 13.0. The number of halogens is 1. The number of carbonyl (C=O) groups is 1. The number of benzene rings is 1. The second-order valence-corrected chi connectivity index (χ2v) is 9.87. The van der Waals surface area contributed by atoms with E-state index in [-0.39, 0.29) is 17.8 Å². The number of hydrogen-bond acceptors (Lipinski definition) is 5. The maximum atomic E-state index is 13.1. The molecule has 8 heteroatoms. The summed E-state index contributed by atoms with van der Waals surface area (Å²) >= 11 is 0. The van der Waals surface area contributed by atoms with Crippen LogP contribution < -0.4 is 4.74 Å². The van der Waals surface area contributed by atoms with Crippen molar-refractivity contribution in [3.8, 4) is 11.6 Å². The summed E-state index contributed by atoms with van der Waals surface area (Å²) in [5, 5.41) is 1.02. The molecule has 0 saturated carbocycles. The van der Waals surface area contributed by atoms with Crippen LogP contribution in [0.15, 0.2) is 67.1 Å². The van der Waals surface area contributed by atoms with E-state index in [9.17, 15) is 9.18 Å². The number of nitrogens with zero attached hydrogens (tertiary/aromatic N) is 5. The van der Waals surface area contributed by atoms with Crippen molar-refractivity contribution in [3.63, 3.8) is 0 Å². The first-order chi connectivity index (χ1) is 18.1. The molecule has 0 radical (unpaired) electrons. The Hall–Kier alpha value is -3.78. The second-order valence-electron chi connectivity index (χ2n) is 9.87. The van der Waals surface area contributed by atoms with Crippen molar-refractivity contribution in [1.29, 1.82) is 0 Å². The number of ether oxygens (including phenoxy) is 1. The maximum Gasteiger partial charge on any atom is 0.253 e. The molecule has 4 aromatic rings. The largest absolute Gasteiger partial charge is 0.489 e. The van der Waals surface area contributed by atoms with Crippen molar-refractivity contribution in [2.45, 2.75) is 38.3 Å². The summed E-state index contributed by atoms with van der Waals surface area (Å²) < 4.78 is 21.3. The highest BCUT2D eigenvalue weighted by Crippen LogP contribution is 2.25. The fourth-order valence-corrected chi connectivity index (χ4v) is 5.27. The lowest BCUT2D eigenvalue weighted by Gasteiger charge is -2.31. The molecule has 0 N–H and O–H groups in total. The molecule has 37 heavy (non-hydrogen) atoms. The van der Waals surface area contributed by atoms with E-state index in [0.29, 0.717) is 0 Å². The zero-order valence-electron chi connectivity index (χ0n) is 20.7. The van der Waals surface area contributed by atoms with E-state index in [4.69, 9.17) is 4.74 Å². The molecule has 0 atom stereocenters. The van der Waals surface area contributed by atoms with Gasteiger partial charge >= 0.3 is 0 Å². The lowest BCUT2D eigenvalue weighted by atomic mass is 10.1. The normalized spacial score (nSPS) is 16.9. The van der Waals surface area contributed by atoms with Crippen molar-refractivity contribution in [1.82, 2.24) is 24.3 Å². The fourth-order valence-electron chi connectivity index (χ4n) is 5.27. The summed E-state index contributed by atoms with van der Waals surface area (Å²) in [6.45, 7) is 4.24. The number of hydrogen-bond donors (Lipinski definition) is 0. The van der Waals surface area contributed by atoms with Crippen LogP contribution in [0.5, 0.6) is 5.75 Å². The van der Waals surface area contributed by atoms with Crippen LogP contribution >= 0.6 is 0 Å². The summed E-state index contributed by atoms with van der Waals surface area (Å²) in [4.78, 5) is 25.8. The first kappa shape index (κ1) is 23.6. The quantitative estimate of drug-likeness (QED) is 0.380. The van der Waals surface area contributed by atoms with E-state index in [2.05, 4.69) is 14.9 Å². The Bertz CT molecular complexity index is 1370. The van der Waals surface area contributed by atoms with E-state index in [0.717, 1.165) is 92.1 Å². The van der Waals surface area contributed by atoms with Crippen LogP contribution in [0.3, 0.4) is 0 Å². The van der Waals surface area contributed by atoms with Crippen LogP contribution in [0.2, 0.25) is 0 Å². The standard InChI is InChI=1S/C29H30FN5O2/c30-23-4-5-24(31-18-23)20-33-14-10-25(11-15-33)37-26-6-8-28(32-19-26)35-16-9-21-17-22(3-7-27(21)35)29(36)34-12-1-2-13-34/h3-9,16-19,25H,1-2,10-15,20H2. The highest BCUT2D eigenvalue weighted by molar-refractivity contribution is 5.98. The van der Waals surface area contributed by atoms with Gasteiger partial charge in [-0.1, -0.05) is 0 Å². The van der Waals surface area contributed by atoms with Gasteiger partial charge in [-0.05, 0) is 74.2 Å². The number of carbonyl (C=O) groups excluding carboxylic acids is 1. The molecule has 2 aliphatic heterocycles. The van der Waals surface area contributed by atoms with Gasteiger partial charge in [-0.15, -0.1) is 0 Å². The van der Waals surface area contributed by atoms with Gasteiger partial charge in [-0.25, -0.2) is 9.37 Å². The molecule has 0 aliphatic carbocycles. The fraction of sp³-hybridized carbons (Fsp3) is 0.345.